The lowest BCUT2D eigenvalue weighted by molar-refractivity contribution is 0.624. The van der Waals surface area contributed by atoms with E-state index in [2.05, 4.69) is 5.32 Å². The molecule has 96 valence electrons. The van der Waals surface area contributed by atoms with Crippen LogP contribution in [-0.4, -0.2) is 14.1 Å². The molecule has 0 aliphatic heterocycles. The lowest BCUT2D eigenvalue weighted by Gasteiger charge is -2.13. The number of rotatable bonds is 3. The van der Waals surface area contributed by atoms with E-state index in [9.17, 15) is 4.39 Å². The van der Waals surface area contributed by atoms with Crippen LogP contribution in [-0.2, 0) is 0 Å². The van der Waals surface area contributed by atoms with Crippen LogP contribution in [0.3, 0.4) is 0 Å². The summed E-state index contributed by atoms with van der Waals surface area (Å²) in [5, 5.41) is 11.8. The molecule has 19 heavy (non-hydrogen) atoms. The van der Waals surface area contributed by atoms with Gasteiger partial charge in [-0.1, -0.05) is 0 Å². The minimum Gasteiger partial charge on any atom is -0.378 e. The Morgan fingerprint density at radius 1 is 1.05 bits per heavy atom. The Labute approximate surface area is 111 Å². The molecule has 0 fully saturated rings. The molecule has 0 bridgehead atoms. The van der Waals surface area contributed by atoms with E-state index in [1.165, 1.54) is 12.1 Å². The van der Waals surface area contributed by atoms with Crippen LogP contribution in [0.5, 0.6) is 0 Å². The molecule has 2 aromatic carbocycles. The lowest BCUT2D eigenvalue weighted by Crippen LogP contribution is -2.08. The van der Waals surface area contributed by atoms with Crippen LogP contribution in [0.25, 0.3) is 0 Å². The van der Waals surface area contributed by atoms with E-state index >= 15 is 0 Å². The highest BCUT2D eigenvalue weighted by atomic mass is 19.1. The predicted molar refractivity (Wildman–Crippen MR) is 75.2 cm³/mol. The zero-order valence-corrected chi connectivity index (χ0v) is 10.8. The van der Waals surface area contributed by atoms with Gasteiger partial charge in [-0.05, 0) is 42.5 Å². The van der Waals surface area contributed by atoms with Gasteiger partial charge in [0.25, 0.3) is 0 Å². The van der Waals surface area contributed by atoms with Crippen LogP contribution in [0.15, 0.2) is 42.5 Å². The maximum atomic E-state index is 13.5. The fourth-order valence-corrected chi connectivity index (χ4v) is 1.69. The maximum absolute atomic E-state index is 13.5. The minimum atomic E-state index is -0.516. The number of nitrogens with zero attached hydrogens (tertiary/aromatic N) is 2. The van der Waals surface area contributed by atoms with Gasteiger partial charge in [-0.3, -0.25) is 0 Å². The molecule has 0 saturated carbocycles. The molecule has 3 nitrogen and oxygen atoms in total. The molecular formula is C15H14FN3. The van der Waals surface area contributed by atoms with Crippen molar-refractivity contribution in [3.8, 4) is 6.07 Å². The third kappa shape index (κ3) is 3.02. The topological polar surface area (TPSA) is 39.1 Å². The number of hydrogen-bond donors (Lipinski definition) is 1. The van der Waals surface area contributed by atoms with Crippen LogP contribution in [0, 0.1) is 17.1 Å². The molecule has 0 heterocycles. The zero-order valence-electron chi connectivity index (χ0n) is 10.8. The Balaban J connectivity index is 2.17. The Kier molecular flexibility index (Phi) is 3.67. The fourth-order valence-electron chi connectivity index (χ4n) is 1.69. The second-order valence-corrected chi connectivity index (χ2v) is 4.37. The average Bonchev–Trinajstić information content (AvgIpc) is 2.39. The Bertz CT molecular complexity index is 612. The fraction of sp³-hybridized carbons (Fsp3) is 0.133. The van der Waals surface area contributed by atoms with E-state index in [1.54, 1.807) is 12.1 Å². The number of nitrogens with one attached hydrogen (secondary N) is 1. The van der Waals surface area contributed by atoms with Gasteiger partial charge in [-0.25, -0.2) is 4.39 Å². The first-order valence-corrected chi connectivity index (χ1v) is 5.84. The standard InChI is InChI=1S/C15H14FN3/c1-19(2)14-7-5-12(6-8-14)18-13-4-3-11(10-17)15(16)9-13/h3-9,18H,1-2H3. The van der Waals surface area contributed by atoms with Crippen LogP contribution < -0.4 is 10.2 Å². The number of nitriles is 1. The maximum Gasteiger partial charge on any atom is 0.143 e. The molecule has 0 aromatic heterocycles. The first-order chi connectivity index (χ1) is 9.10. The Morgan fingerprint density at radius 3 is 2.21 bits per heavy atom. The highest BCUT2D eigenvalue weighted by Gasteiger charge is 2.03. The summed E-state index contributed by atoms with van der Waals surface area (Å²) < 4.78 is 13.5. The van der Waals surface area contributed by atoms with Crippen LogP contribution >= 0.6 is 0 Å². The van der Waals surface area contributed by atoms with Gasteiger partial charge in [0.05, 0.1) is 5.56 Å². The molecule has 0 spiro atoms. The second kappa shape index (κ2) is 5.40. The summed E-state index contributed by atoms with van der Waals surface area (Å²) in [5.74, 6) is -0.516. The van der Waals surface area contributed by atoms with E-state index in [4.69, 9.17) is 5.26 Å². The van der Waals surface area contributed by atoms with Gasteiger partial charge in [0.2, 0.25) is 0 Å². The van der Waals surface area contributed by atoms with Crippen molar-refractivity contribution in [2.24, 2.45) is 0 Å². The summed E-state index contributed by atoms with van der Waals surface area (Å²) in [5.41, 5.74) is 2.63. The highest BCUT2D eigenvalue weighted by Crippen LogP contribution is 2.21. The summed E-state index contributed by atoms with van der Waals surface area (Å²) in [6, 6.07) is 14.1. The summed E-state index contributed by atoms with van der Waals surface area (Å²) in [6.07, 6.45) is 0. The molecule has 2 aromatic rings. The first kappa shape index (κ1) is 12.9. The third-order valence-corrected chi connectivity index (χ3v) is 2.76. The van der Waals surface area contributed by atoms with Crippen LogP contribution in [0.4, 0.5) is 21.5 Å². The number of benzene rings is 2. The zero-order chi connectivity index (χ0) is 13.8. The van der Waals surface area contributed by atoms with Crippen molar-refractivity contribution in [2.45, 2.75) is 0 Å². The van der Waals surface area contributed by atoms with Gasteiger partial charge in [-0.15, -0.1) is 0 Å². The summed E-state index contributed by atoms with van der Waals surface area (Å²) >= 11 is 0. The Hall–Kier alpha value is -2.54. The van der Waals surface area contributed by atoms with Crippen molar-refractivity contribution in [1.82, 2.24) is 0 Å². The first-order valence-electron chi connectivity index (χ1n) is 5.84. The molecule has 0 radical (unpaired) electrons. The molecule has 0 amide bonds. The van der Waals surface area contributed by atoms with Gasteiger partial charge >= 0.3 is 0 Å². The molecule has 0 atom stereocenters. The smallest absolute Gasteiger partial charge is 0.143 e. The summed E-state index contributed by atoms with van der Waals surface area (Å²) in [4.78, 5) is 2.01. The van der Waals surface area contributed by atoms with Crippen molar-refractivity contribution in [3.63, 3.8) is 0 Å². The van der Waals surface area contributed by atoms with Crippen molar-refractivity contribution < 1.29 is 4.39 Å². The van der Waals surface area contributed by atoms with Gasteiger partial charge in [-0.2, -0.15) is 5.26 Å². The lowest BCUT2D eigenvalue weighted by atomic mass is 10.2. The van der Waals surface area contributed by atoms with E-state index in [1.807, 2.05) is 43.3 Å². The molecule has 2 rings (SSSR count). The van der Waals surface area contributed by atoms with Crippen LogP contribution in [0.1, 0.15) is 5.56 Å². The molecule has 0 saturated heterocycles. The third-order valence-electron chi connectivity index (χ3n) is 2.76. The number of anilines is 3. The van der Waals surface area contributed by atoms with Crippen molar-refractivity contribution >= 4 is 17.1 Å². The summed E-state index contributed by atoms with van der Waals surface area (Å²) in [6.45, 7) is 0. The van der Waals surface area contributed by atoms with E-state index in [0.29, 0.717) is 5.69 Å². The summed E-state index contributed by atoms with van der Waals surface area (Å²) in [7, 11) is 3.94. The SMILES string of the molecule is CN(C)c1ccc(Nc2ccc(C#N)c(F)c2)cc1. The molecule has 4 heteroatoms. The minimum absolute atomic E-state index is 0.0495. The van der Waals surface area contributed by atoms with E-state index < -0.39 is 5.82 Å². The van der Waals surface area contributed by atoms with Crippen molar-refractivity contribution in [3.05, 3.63) is 53.8 Å². The van der Waals surface area contributed by atoms with E-state index in [-0.39, 0.29) is 5.56 Å². The van der Waals surface area contributed by atoms with Gasteiger partial charge < -0.3 is 10.2 Å². The largest absolute Gasteiger partial charge is 0.378 e. The van der Waals surface area contributed by atoms with E-state index in [0.717, 1.165) is 11.4 Å². The average molecular weight is 255 g/mol. The highest BCUT2D eigenvalue weighted by molar-refractivity contribution is 5.63. The van der Waals surface area contributed by atoms with Gasteiger partial charge in [0, 0.05) is 31.2 Å². The molecule has 1 N–H and O–H groups in total. The second-order valence-electron chi connectivity index (χ2n) is 4.37. The number of halogens is 1. The molecule has 0 unspecified atom stereocenters. The van der Waals surface area contributed by atoms with Crippen molar-refractivity contribution in [2.75, 3.05) is 24.3 Å². The van der Waals surface area contributed by atoms with Gasteiger partial charge in [0.15, 0.2) is 0 Å². The van der Waals surface area contributed by atoms with Gasteiger partial charge in [0.1, 0.15) is 11.9 Å². The predicted octanol–water partition coefficient (Wildman–Crippen LogP) is 3.51. The van der Waals surface area contributed by atoms with Crippen molar-refractivity contribution in [1.29, 1.82) is 5.26 Å². The number of hydrogen-bond acceptors (Lipinski definition) is 3. The molecule has 0 aliphatic rings. The molecular weight excluding hydrogens is 241 g/mol. The molecule has 0 aliphatic carbocycles. The monoisotopic (exact) mass is 255 g/mol. The Morgan fingerprint density at radius 2 is 1.68 bits per heavy atom. The quantitative estimate of drug-likeness (QED) is 0.912. The van der Waals surface area contributed by atoms with Crippen LogP contribution in [0.2, 0.25) is 0 Å². The normalized spacial score (nSPS) is 9.79.